The molecule has 0 saturated carbocycles. The van der Waals surface area contributed by atoms with Gasteiger partial charge in [-0.25, -0.2) is 0 Å². The van der Waals surface area contributed by atoms with Gasteiger partial charge >= 0.3 is 6.18 Å². The zero-order valence-corrected chi connectivity index (χ0v) is 11.7. The molecule has 0 atom stereocenters. The minimum atomic E-state index is -4.05. The fourth-order valence-corrected chi connectivity index (χ4v) is 2.78. The second-order valence-electron chi connectivity index (χ2n) is 5.45. The van der Waals surface area contributed by atoms with Crippen LogP contribution in [-0.4, -0.2) is 25.8 Å². The summed E-state index contributed by atoms with van der Waals surface area (Å²) in [4.78, 5) is 2.04. The largest absolute Gasteiger partial charge is 0.391 e. The molecule has 2 nitrogen and oxygen atoms in total. The first-order valence-corrected chi connectivity index (χ1v) is 7.03. The number of nitrogens with zero attached hydrogens (tertiary/aromatic N) is 1. The summed E-state index contributed by atoms with van der Waals surface area (Å²) in [6.07, 6.45) is -2.84. The first-order valence-electron chi connectivity index (χ1n) is 7.03. The molecule has 1 aromatic carbocycles. The van der Waals surface area contributed by atoms with Crippen molar-refractivity contribution in [3.8, 4) is 0 Å². The van der Waals surface area contributed by atoms with Crippen molar-refractivity contribution in [2.75, 3.05) is 24.5 Å². The molecule has 2 N–H and O–H groups in total. The van der Waals surface area contributed by atoms with E-state index < -0.39 is 12.1 Å². The van der Waals surface area contributed by atoms with Crippen LogP contribution < -0.4 is 10.6 Å². The van der Waals surface area contributed by atoms with Gasteiger partial charge in [0.25, 0.3) is 0 Å². The van der Waals surface area contributed by atoms with Gasteiger partial charge in [-0.15, -0.1) is 0 Å². The summed E-state index contributed by atoms with van der Waals surface area (Å²) in [6, 6.07) is 6.08. The van der Waals surface area contributed by atoms with Crippen LogP contribution in [0.3, 0.4) is 0 Å². The Balaban J connectivity index is 2.02. The molecule has 0 bridgehead atoms. The molecule has 0 aromatic heterocycles. The molecular weight excluding hydrogens is 265 g/mol. The number of alkyl halides is 3. The Morgan fingerprint density at radius 2 is 1.90 bits per heavy atom. The second kappa shape index (κ2) is 6.04. The molecule has 1 aromatic rings. The van der Waals surface area contributed by atoms with E-state index in [1.54, 1.807) is 0 Å². The van der Waals surface area contributed by atoms with Crippen LogP contribution in [0.2, 0.25) is 0 Å². The van der Waals surface area contributed by atoms with Crippen LogP contribution in [-0.2, 0) is 6.42 Å². The molecule has 0 radical (unpaired) electrons. The van der Waals surface area contributed by atoms with E-state index in [4.69, 9.17) is 5.73 Å². The normalized spacial score (nSPS) is 17.6. The van der Waals surface area contributed by atoms with Crippen molar-refractivity contribution in [3.05, 3.63) is 29.3 Å². The highest BCUT2D eigenvalue weighted by Gasteiger charge is 2.41. The van der Waals surface area contributed by atoms with Crippen LogP contribution >= 0.6 is 0 Å². The number of anilines is 1. The zero-order chi connectivity index (χ0) is 14.8. The Hall–Kier alpha value is -1.23. The maximum absolute atomic E-state index is 12.6. The van der Waals surface area contributed by atoms with E-state index in [9.17, 15) is 13.2 Å². The van der Waals surface area contributed by atoms with Crippen molar-refractivity contribution in [3.63, 3.8) is 0 Å². The van der Waals surface area contributed by atoms with Gasteiger partial charge < -0.3 is 10.6 Å². The third kappa shape index (κ3) is 3.45. The van der Waals surface area contributed by atoms with Gasteiger partial charge in [-0.1, -0.05) is 6.07 Å². The number of hydrogen-bond donors (Lipinski definition) is 1. The van der Waals surface area contributed by atoms with Gasteiger partial charge in [0.2, 0.25) is 0 Å². The quantitative estimate of drug-likeness (QED) is 0.924. The van der Waals surface area contributed by atoms with E-state index in [2.05, 4.69) is 6.07 Å². The Morgan fingerprint density at radius 1 is 1.25 bits per heavy atom. The van der Waals surface area contributed by atoms with Crippen molar-refractivity contribution >= 4 is 5.69 Å². The number of halogens is 3. The Morgan fingerprint density at radius 3 is 2.40 bits per heavy atom. The molecule has 1 aliphatic rings. The zero-order valence-electron chi connectivity index (χ0n) is 11.7. The molecule has 2 rings (SSSR count). The predicted octanol–water partition coefficient (Wildman–Crippen LogP) is 3.27. The molecule has 0 spiro atoms. The van der Waals surface area contributed by atoms with Crippen LogP contribution in [0.5, 0.6) is 0 Å². The number of hydrogen-bond acceptors (Lipinski definition) is 2. The van der Waals surface area contributed by atoms with Crippen LogP contribution in [0.25, 0.3) is 0 Å². The molecule has 20 heavy (non-hydrogen) atoms. The van der Waals surface area contributed by atoms with Crippen molar-refractivity contribution in [2.24, 2.45) is 11.7 Å². The molecule has 112 valence electrons. The summed E-state index contributed by atoms with van der Waals surface area (Å²) in [5, 5.41) is 0. The van der Waals surface area contributed by atoms with Gasteiger partial charge in [0.1, 0.15) is 0 Å². The Kier molecular flexibility index (Phi) is 4.58. The van der Waals surface area contributed by atoms with Crippen molar-refractivity contribution in [1.82, 2.24) is 0 Å². The summed E-state index contributed by atoms with van der Waals surface area (Å²) in [7, 11) is 0. The number of aryl methyl sites for hydroxylation is 1. The van der Waals surface area contributed by atoms with E-state index in [0.29, 0.717) is 19.6 Å². The molecule has 1 saturated heterocycles. The predicted molar refractivity (Wildman–Crippen MR) is 74.9 cm³/mol. The van der Waals surface area contributed by atoms with Crippen molar-refractivity contribution in [2.45, 2.75) is 32.4 Å². The Bertz CT molecular complexity index is 449. The van der Waals surface area contributed by atoms with Gasteiger partial charge in [0, 0.05) is 18.8 Å². The lowest BCUT2D eigenvalue weighted by Crippen LogP contribution is -2.39. The highest BCUT2D eigenvalue weighted by atomic mass is 19.4. The molecule has 5 heteroatoms. The monoisotopic (exact) mass is 286 g/mol. The molecule has 0 unspecified atom stereocenters. The van der Waals surface area contributed by atoms with Gasteiger partial charge in [0.15, 0.2) is 0 Å². The SMILES string of the molecule is Cc1cc(N2CCC(C(F)(F)F)CC2)ccc1CCN. The third-order valence-corrected chi connectivity index (χ3v) is 4.06. The standard InChI is InChI=1S/C15H21F3N2/c1-11-10-14(3-2-12(11)4-7-19)20-8-5-13(6-9-20)15(16,17)18/h2-3,10,13H,4-9,19H2,1H3. The maximum atomic E-state index is 12.6. The lowest BCUT2D eigenvalue weighted by molar-refractivity contribution is -0.179. The molecule has 1 heterocycles. The van der Waals surface area contributed by atoms with Crippen LogP contribution in [0.4, 0.5) is 18.9 Å². The molecule has 0 amide bonds. The average Bonchev–Trinajstić information content (AvgIpc) is 2.40. The topological polar surface area (TPSA) is 29.3 Å². The van der Waals surface area contributed by atoms with Crippen LogP contribution in [0.15, 0.2) is 18.2 Å². The molecule has 1 aliphatic heterocycles. The van der Waals surface area contributed by atoms with Crippen LogP contribution in [0, 0.1) is 12.8 Å². The number of benzene rings is 1. The highest BCUT2D eigenvalue weighted by Crippen LogP contribution is 2.35. The van der Waals surface area contributed by atoms with Gasteiger partial charge in [0.05, 0.1) is 5.92 Å². The number of piperidine rings is 1. The van der Waals surface area contributed by atoms with E-state index >= 15 is 0 Å². The summed E-state index contributed by atoms with van der Waals surface area (Å²) in [6.45, 7) is 3.58. The first-order chi connectivity index (χ1) is 9.41. The minimum Gasteiger partial charge on any atom is -0.371 e. The number of nitrogens with two attached hydrogens (primary N) is 1. The smallest absolute Gasteiger partial charge is 0.371 e. The van der Waals surface area contributed by atoms with Crippen LogP contribution in [0.1, 0.15) is 24.0 Å². The number of rotatable bonds is 3. The Labute approximate surface area is 117 Å². The molecule has 1 fully saturated rings. The van der Waals surface area contributed by atoms with Crippen molar-refractivity contribution < 1.29 is 13.2 Å². The highest BCUT2D eigenvalue weighted by molar-refractivity contribution is 5.51. The van der Waals surface area contributed by atoms with Crippen molar-refractivity contribution in [1.29, 1.82) is 0 Å². The lowest BCUT2D eigenvalue weighted by Gasteiger charge is -2.34. The molecule has 0 aliphatic carbocycles. The van der Waals surface area contributed by atoms with Gasteiger partial charge in [-0.3, -0.25) is 0 Å². The fourth-order valence-electron chi connectivity index (χ4n) is 2.78. The van der Waals surface area contributed by atoms with E-state index in [1.165, 1.54) is 5.56 Å². The average molecular weight is 286 g/mol. The van der Waals surface area contributed by atoms with E-state index in [-0.39, 0.29) is 12.8 Å². The third-order valence-electron chi connectivity index (χ3n) is 4.06. The second-order valence-corrected chi connectivity index (χ2v) is 5.45. The first kappa shape index (κ1) is 15.2. The fraction of sp³-hybridized carbons (Fsp3) is 0.600. The summed E-state index contributed by atoms with van der Waals surface area (Å²) in [5.74, 6) is -1.14. The van der Waals surface area contributed by atoms with Gasteiger partial charge in [-0.05, 0) is 56.0 Å². The summed E-state index contributed by atoms with van der Waals surface area (Å²) in [5.41, 5.74) is 8.93. The van der Waals surface area contributed by atoms with Gasteiger partial charge in [-0.2, -0.15) is 13.2 Å². The molecular formula is C15H21F3N2. The van der Waals surface area contributed by atoms with E-state index in [0.717, 1.165) is 17.7 Å². The summed E-state index contributed by atoms with van der Waals surface area (Å²) < 4.78 is 37.9. The minimum absolute atomic E-state index is 0.188. The lowest BCUT2D eigenvalue weighted by atomic mass is 9.95. The maximum Gasteiger partial charge on any atom is 0.391 e. The summed E-state index contributed by atoms with van der Waals surface area (Å²) >= 11 is 0. The van der Waals surface area contributed by atoms with E-state index in [1.807, 2.05) is 24.0 Å².